The Bertz CT molecular complexity index is 1250. The summed E-state index contributed by atoms with van der Waals surface area (Å²) in [7, 11) is -2.69. The fraction of sp³-hybridized carbons (Fsp3) is 0.0476. The summed E-state index contributed by atoms with van der Waals surface area (Å²) in [5, 5.41) is -0.126. The number of hydrogen-bond donors (Lipinski definition) is 3. The van der Waals surface area contributed by atoms with E-state index in [1.807, 2.05) is 0 Å². The van der Waals surface area contributed by atoms with Crippen molar-refractivity contribution < 1.29 is 27.1 Å². The third kappa shape index (κ3) is 5.54. The molecule has 166 valence electrons. The van der Waals surface area contributed by atoms with Gasteiger partial charge in [-0.1, -0.05) is 11.6 Å². The molecular formula is C21H17ClFN3O5S. The van der Waals surface area contributed by atoms with Crippen LogP contribution in [0.4, 0.5) is 10.1 Å². The molecule has 0 aliphatic rings. The molecule has 0 fully saturated rings. The molecule has 0 atom stereocenters. The number of halogens is 2. The first-order valence-electron chi connectivity index (χ1n) is 9.02. The molecule has 0 heterocycles. The topological polar surface area (TPSA) is 114 Å². The largest absolute Gasteiger partial charge is 0.497 e. The zero-order chi connectivity index (χ0) is 23.3. The second-order valence-electron chi connectivity index (χ2n) is 6.39. The lowest BCUT2D eigenvalue weighted by Gasteiger charge is -2.12. The molecule has 0 saturated carbocycles. The maximum atomic E-state index is 13.0. The van der Waals surface area contributed by atoms with Crippen LogP contribution in [0.5, 0.6) is 5.75 Å². The minimum atomic E-state index is -4.18. The molecular weight excluding hydrogens is 461 g/mol. The van der Waals surface area contributed by atoms with Crippen LogP contribution in [0, 0.1) is 5.82 Å². The molecule has 3 aromatic rings. The number of amides is 2. The van der Waals surface area contributed by atoms with Gasteiger partial charge >= 0.3 is 0 Å². The van der Waals surface area contributed by atoms with Crippen molar-refractivity contribution in [2.24, 2.45) is 0 Å². The van der Waals surface area contributed by atoms with E-state index in [2.05, 4.69) is 15.6 Å². The molecule has 0 aliphatic heterocycles. The first-order chi connectivity index (χ1) is 15.2. The zero-order valence-corrected chi connectivity index (χ0v) is 18.1. The molecule has 0 aromatic heterocycles. The van der Waals surface area contributed by atoms with E-state index in [4.69, 9.17) is 16.3 Å². The Kier molecular flexibility index (Phi) is 6.96. The lowest BCUT2D eigenvalue weighted by Crippen LogP contribution is -2.41. The normalized spacial score (nSPS) is 10.8. The minimum Gasteiger partial charge on any atom is -0.497 e. The Balaban J connectivity index is 1.72. The van der Waals surface area contributed by atoms with Crippen molar-refractivity contribution >= 4 is 39.1 Å². The fourth-order valence-electron chi connectivity index (χ4n) is 2.58. The lowest BCUT2D eigenvalue weighted by atomic mass is 10.2. The smallest absolute Gasteiger partial charge is 0.269 e. The number of benzene rings is 3. The number of sulfonamides is 1. The van der Waals surface area contributed by atoms with Crippen LogP contribution in [-0.2, 0) is 10.0 Å². The molecule has 0 spiro atoms. The van der Waals surface area contributed by atoms with Crippen molar-refractivity contribution in [3.05, 3.63) is 88.7 Å². The summed E-state index contributed by atoms with van der Waals surface area (Å²) < 4.78 is 45.7. The standard InChI is InChI=1S/C21H17ClFN3O5S/c1-31-17-9-2-13(3-10-17)20(27)24-25-21(28)14-4-11-18(22)19(12-14)32(29,30)26-16-7-5-15(23)6-8-16/h2-12,26H,1H3,(H,24,27)(H,25,28). The summed E-state index contributed by atoms with van der Waals surface area (Å²) in [4.78, 5) is 24.2. The molecule has 0 bridgehead atoms. The van der Waals surface area contributed by atoms with Crippen LogP contribution in [0.1, 0.15) is 20.7 Å². The Morgan fingerprint density at radius 1 is 0.875 bits per heavy atom. The Morgan fingerprint density at radius 3 is 2.03 bits per heavy atom. The molecule has 3 rings (SSSR count). The van der Waals surface area contributed by atoms with Crippen molar-refractivity contribution in [1.29, 1.82) is 0 Å². The average molecular weight is 478 g/mol. The number of hydrazine groups is 1. The molecule has 32 heavy (non-hydrogen) atoms. The van der Waals surface area contributed by atoms with Gasteiger partial charge in [0.1, 0.15) is 16.5 Å². The van der Waals surface area contributed by atoms with Crippen molar-refractivity contribution in [3.63, 3.8) is 0 Å². The van der Waals surface area contributed by atoms with Gasteiger partial charge in [0.25, 0.3) is 21.8 Å². The van der Waals surface area contributed by atoms with Gasteiger partial charge in [-0.2, -0.15) is 0 Å². The molecule has 8 nitrogen and oxygen atoms in total. The van der Waals surface area contributed by atoms with Crippen LogP contribution < -0.4 is 20.3 Å². The number of carbonyl (C=O) groups excluding carboxylic acids is 2. The maximum absolute atomic E-state index is 13.0. The van der Waals surface area contributed by atoms with Crippen LogP contribution in [0.15, 0.2) is 71.6 Å². The first-order valence-corrected chi connectivity index (χ1v) is 10.9. The van der Waals surface area contributed by atoms with E-state index in [9.17, 15) is 22.4 Å². The first kappa shape index (κ1) is 23.0. The molecule has 0 saturated heterocycles. The highest BCUT2D eigenvalue weighted by Gasteiger charge is 2.21. The highest BCUT2D eigenvalue weighted by Crippen LogP contribution is 2.25. The van der Waals surface area contributed by atoms with E-state index in [1.54, 1.807) is 12.1 Å². The van der Waals surface area contributed by atoms with E-state index < -0.39 is 27.7 Å². The van der Waals surface area contributed by atoms with Gasteiger partial charge in [0.2, 0.25) is 0 Å². The van der Waals surface area contributed by atoms with Crippen molar-refractivity contribution in [1.82, 2.24) is 10.9 Å². The highest BCUT2D eigenvalue weighted by molar-refractivity contribution is 7.92. The number of carbonyl (C=O) groups is 2. The summed E-state index contributed by atoms with van der Waals surface area (Å²) in [6, 6.07) is 14.4. The highest BCUT2D eigenvalue weighted by atomic mass is 35.5. The number of hydrogen-bond acceptors (Lipinski definition) is 5. The zero-order valence-electron chi connectivity index (χ0n) is 16.6. The number of rotatable bonds is 6. The van der Waals surface area contributed by atoms with Gasteiger partial charge in [-0.3, -0.25) is 25.2 Å². The van der Waals surface area contributed by atoms with Gasteiger partial charge in [-0.05, 0) is 66.7 Å². The predicted molar refractivity (Wildman–Crippen MR) is 117 cm³/mol. The van der Waals surface area contributed by atoms with Crippen LogP contribution in [-0.4, -0.2) is 27.3 Å². The average Bonchev–Trinajstić information content (AvgIpc) is 2.78. The monoisotopic (exact) mass is 477 g/mol. The number of anilines is 1. The number of ether oxygens (including phenoxy) is 1. The Labute approximate surface area is 188 Å². The Morgan fingerprint density at radius 2 is 1.44 bits per heavy atom. The van der Waals surface area contributed by atoms with Crippen LogP contribution in [0.3, 0.4) is 0 Å². The lowest BCUT2D eigenvalue weighted by molar-refractivity contribution is 0.0846. The van der Waals surface area contributed by atoms with E-state index in [0.29, 0.717) is 5.75 Å². The molecule has 0 radical (unpaired) electrons. The van der Waals surface area contributed by atoms with Gasteiger partial charge in [-0.25, -0.2) is 12.8 Å². The number of methoxy groups -OCH3 is 1. The van der Waals surface area contributed by atoms with Gasteiger partial charge in [0.05, 0.1) is 12.1 Å². The van der Waals surface area contributed by atoms with Gasteiger partial charge in [0, 0.05) is 16.8 Å². The summed E-state index contributed by atoms with van der Waals surface area (Å²) in [6.45, 7) is 0. The molecule has 0 unspecified atom stereocenters. The minimum absolute atomic E-state index is 0.0658. The SMILES string of the molecule is COc1ccc(C(=O)NNC(=O)c2ccc(Cl)c(S(=O)(=O)Nc3ccc(F)cc3)c2)cc1. The second-order valence-corrected chi connectivity index (χ2v) is 8.45. The van der Waals surface area contributed by atoms with Crippen molar-refractivity contribution in [2.75, 3.05) is 11.8 Å². The van der Waals surface area contributed by atoms with Crippen molar-refractivity contribution in [3.8, 4) is 5.75 Å². The van der Waals surface area contributed by atoms with E-state index in [1.165, 1.54) is 43.5 Å². The summed E-state index contributed by atoms with van der Waals surface area (Å²) in [5.41, 5.74) is 4.77. The second kappa shape index (κ2) is 9.67. The third-order valence-corrected chi connectivity index (χ3v) is 6.08. The van der Waals surface area contributed by atoms with Crippen LogP contribution >= 0.6 is 11.6 Å². The molecule has 3 N–H and O–H groups in total. The third-order valence-electron chi connectivity index (χ3n) is 4.22. The van der Waals surface area contributed by atoms with E-state index >= 15 is 0 Å². The fourth-order valence-corrected chi connectivity index (χ4v) is 4.16. The predicted octanol–water partition coefficient (Wildman–Crippen LogP) is 3.36. The van der Waals surface area contributed by atoms with E-state index in [-0.39, 0.29) is 26.7 Å². The summed E-state index contributed by atoms with van der Waals surface area (Å²) in [6.07, 6.45) is 0. The number of nitrogens with one attached hydrogen (secondary N) is 3. The van der Waals surface area contributed by atoms with Gasteiger partial charge in [0.15, 0.2) is 0 Å². The molecule has 3 aromatic carbocycles. The van der Waals surface area contributed by atoms with E-state index in [0.717, 1.165) is 18.2 Å². The molecule has 2 amide bonds. The van der Waals surface area contributed by atoms with Gasteiger partial charge in [-0.15, -0.1) is 0 Å². The summed E-state index contributed by atoms with van der Waals surface area (Å²) >= 11 is 6.02. The maximum Gasteiger partial charge on any atom is 0.269 e. The molecule has 11 heteroatoms. The van der Waals surface area contributed by atoms with Crippen LogP contribution in [0.25, 0.3) is 0 Å². The van der Waals surface area contributed by atoms with Crippen LogP contribution in [0.2, 0.25) is 5.02 Å². The Hall–Kier alpha value is -3.63. The quantitative estimate of drug-likeness (QED) is 0.471. The van der Waals surface area contributed by atoms with Gasteiger partial charge < -0.3 is 4.74 Å². The summed E-state index contributed by atoms with van der Waals surface area (Å²) in [5.74, 6) is -1.31. The van der Waals surface area contributed by atoms with Crippen molar-refractivity contribution in [2.45, 2.75) is 4.90 Å². The molecule has 0 aliphatic carbocycles.